The SMILES string of the molecule is O=C([C@H]1CCN(Cc2ccccc2)C1)N1CCC[C@H]1C1=NC=C(c2ccc(-c3ccc(C4=CN=C([C@@H]5CCCN5C(=O)[C@@H](c5ccccc5)N5CCCCC5)C4)cc3)cc2)C1. The van der Waals surface area contributed by atoms with E-state index in [1.165, 1.54) is 45.4 Å². The molecule has 0 spiro atoms. The molecule has 0 aromatic heterocycles. The first-order chi connectivity index (χ1) is 30.1. The topological polar surface area (TPSA) is 71.8 Å². The predicted octanol–water partition coefficient (Wildman–Crippen LogP) is 9.46. The fourth-order valence-corrected chi connectivity index (χ4v) is 10.9. The molecule has 10 rings (SSSR count). The van der Waals surface area contributed by atoms with Gasteiger partial charge in [0.2, 0.25) is 11.8 Å². The molecule has 6 aliphatic rings. The van der Waals surface area contributed by atoms with Gasteiger partial charge in [-0.15, -0.1) is 0 Å². The number of rotatable bonds is 11. The summed E-state index contributed by atoms with van der Waals surface area (Å²) in [6.45, 7) is 6.31. The van der Waals surface area contributed by atoms with Crippen LogP contribution in [0.1, 0.15) is 92.5 Å². The average molecular weight is 811 g/mol. The summed E-state index contributed by atoms with van der Waals surface area (Å²) in [6, 6.07) is 38.6. The normalized spacial score (nSPS) is 23.8. The van der Waals surface area contributed by atoms with E-state index in [4.69, 9.17) is 9.98 Å². The zero-order valence-corrected chi connectivity index (χ0v) is 35.4. The molecule has 0 unspecified atom stereocenters. The number of carbonyl (C=O) groups excluding carboxylic acids is 2. The van der Waals surface area contributed by atoms with Crippen LogP contribution in [-0.2, 0) is 16.1 Å². The summed E-state index contributed by atoms with van der Waals surface area (Å²) >= 11 is 0. The van der Waals surface area contributed by atoms with Crippen molar-refractivity contribution in [2.75, 3.05) is 39.3 Å². The monoisotopic (exact) mass is 810 g/mol. The zero-order valence-electron chi connectivity index (χ0n) is 35.4. The Morgan fingerprint density at radius 2 is 1.10 bits per heavy atom. The zero-order chi connectivity index (χ0) is 41.1. The van der Waals surface area contributed by atoms with Crippen molar-refractivity contribution in [3.8, 4) is 11.1 Å². The van der Waals surface area contributed by atoms with Crippen molar-refractivity contribution < 1.29 is 9.59 Å². The van der Waals surface area contributed by atoms with Gasteiger partial charge in [-0.2, -0.15) is 0 Å². The van der Waals surface area contributed by atoms with Crippen molar-refractivity contribution in [2.45, 2.75) is 88.9 Å². The quantitative estimate of drug-likeness (QED) is 0.151. The van der Waals surface area contributed by atoms with Gasteiger partial charge in [0.1, 0.15) is 6.04 Å². The fourth-order valence-electron chi connectivity index (χ4n) is 10.9. The molecule has 0 radical (unpaired) electrons. The van der Waals surface area contributed by atoms with Gasteiger partial charge in [-0.25, -0.2) is 0 Å². The molecule has 8 nitrogen and oxygen atoms in total. The molecule has 4 saturated heterocycles. The molecule has 2 amide bonds. The lowest BCUT2D eigenvalue weighted by atomic mass is 9.94. The highest BCUT2D eigenvalue weighted by Gasteiger charge is 2.41. The van der Waals surface area contributed by atoms with E-state index in [0.29, 0.717) is 5.91 Å². The highest BCUT2D eigenvalue weighted by molar-refractivity contribution is 6.04. The van der Waals surface area contributed by atoms with Crippen LogP contribution in [0.25, 0.3) is 22.3 Å². The Hall–Kier alpha value is -5.44. The number of hydrogen-bond donors (Lipinski definition) is 0. The molecule has 4 atom stereocenters. The van der Waals surface area contributed by atoms with Crippen LogP contribution in [0, 0.1) is 5.92 Å². The molecule has 61 heavy (non-hydrogen) atoms. The number of likely N-dealkylation sites (tertiary alicyclic amines) is 4. The van der Waals surface area contributed by atoms with Gasteiger partial charge in [0, 0.05) is 62.8 Å². The Morgan fingerprint density at radius 3 is 1.70 bits per heavy atom. The van der Waals surface area contributed by atoms with Crippen LogP contribution in [0.15, 0.2) is 132 Å². The number of aliphatic imine (C=N–C) groups is 2. The minimum absolute atomic E-state index is 0.0554. The van der Waals surface area contributed by atoms with E-state index in [-0.39, 0.29) is 30.0 Å². The lowest BCUT2D eigenvalue weighted by molar-refractivity contribution is -0.137. The van der Waals surface area contributed by atoms with Crippen molar-refractivity contribution in [1.82, 2.24) is 19.6 Å². The van der Waals surface area contributed by atoms with Crippen molar-refractivity contribution in [3.05, 3.63) is 144 Å². The molecular weight excluding hydrogens is 753 g/mol. The van der Waals surface area contributed by atoms with Gasteiger partial charge < -0.3 is 9.80 Å². The van der Waals surface area contributed by atoms with E-state index in [1.807, 2.05) is 18.5 Å². The van der Waals surface area contributed by atoms with Gasteiger partial charge in [-0.05, 0) is 109 Å². The first-order valence-electron chi connectivity index (χ1n) is 22.9. The highest BCUT2D eigenvalue weighted by Crippen LogP contribution is 2.36. The van der Waals surface area contributed by atoms with Gasteiger partial charge in [0.05, 0.1) is 18.0 Å². The van der Waals surface area contributed by atoms with Crippen LogP contribution in [0.3, 0.4) is 0 Å². The molecular formula is C53H58N6O2. The smallest absolute Gasteiger partial charge is 0.245 e. The minimum Gasteiger partial charge on any atom is -0.334 e. The summed E-state index contributed by atoms with van der Waals surface area (Å²) in [4.78, 5) is 47.3. The van der Waals surface area contributed by atoms with E-state index in [0.717, 1.165) is 121 Å². The Bertz CT molecular complexity index is 2330. The number of piperidine rings is 1. The number of carbonyl (C=O) groups is 2. The van der Waals surface area contributed by atoms with Crippen LogP contribution in [0.2, 0.25) is 0 Å². The van der Waals surface area contributed by atoms with Crippen LogP contribution in [-0.4, -0.2) is 94.2 Å². The molecule has 312 valence electrons. The Morgan fingerprint density at radius 1 is 0.557 bits per heavy atom. The molecule has 4 fully saturated rings. The summed E-state index contributed by atoms with van der Waals surface area (Å²) in [7, 11) is 0. The van der Waals surface area contributed by atoms with Crippen molar-refractivity contribution in [1.29, 1.82) is 0 Å². The van der Waals surface area contributed by atoms with E-state index in [9.17, 15) is 9.59 Å². The number of amides is 2. The molecule has 8 heteroatoms. The highest BCUT2D eigenvalue weighted by atomic mass is 16.2. The van der Waals surface area contributed by atoms with Crippen molar-refractivity contribution in [3.63, 3.8) is 0 Å². The summed E-state index contributed by atoms with van der Waals surface area (Å²) in [6.07, 6.45) is 14.1. The largest absolute Gasteiger partial charge is 0.334 e. The standard InChI is InChI=1S/C53H58N6O2/c60-52(44-26-31-56(37-44)36-38-12-4-1-5-13-38)58-29-10-16-49(58)47-32-45(34-54-47)41-22-18-39(19-23-41)40-20-24-42(25-21-40)46-33-48(55-35-46)50-17-11-30-59(50)53(61)51(43-14-6-2-7-15-43)57-27-8-3-9-28-57/h1-2,4-7,12-15,18-25,34-35,44,49-51H,3,8-11,16-17,26-33,36-37H2/t44-,49-,50-,51+/m0/s1. The van der Waals surface area contributed by atoms with Crippen molar-refractivity contribution >= 4 is 34.4 Å². The Balaban J connectivity index is 0.731. The summed E-state index contributed by atoms with van der Waals surface area (Å²) in [5.41, 5.74) is 11.8. The lowest BCUT2D eigenvalue weighted by Gasteiger charge is -2.37. The third kappa shape index (κ3) is 8.45. The average Bonchev–Trinajstić information content (AvgIpc) is 4.18. The van der Waals surface area contributed by atoms with Crippen LogP contribution < -0.4 is 0 Å². The predicted molar refractivity (Wildman–Crippen MR) is 246 cm³/mol. The van der Waals surface area contributed by atoms with E-state index in [2.05, 4.69) is 123 Å². The summed E-state index contributed by atoms with van der Waals surface area (Å²) in [5, 5.41) is 0. The summed E-state index contributed by atoms with van der Waals surface area (Å²) < 4.78 is 0. The van der Waals surface area contributed by atoms with Gasteiger partial charge in [0.25, 0.3) is 0 Å². The second-order valence-electron chi connectivity index (χ2n) is 18.1. The Kier molecular flexibility index (Phi) is 11.6. The van der Waals surface area contributed by atoms with E-state index < -0.39 is 0 Å². The van der Waals surface area contributed by atoms with Crippen LogP contribution in [0.4, 0.5) is 0 Å². The molecule has 6 aliphatic heterocycles. The maximum Gasteiger partial charge on any atom is 0.245 e. The molecule has 4 aromatic carbocycles. The van der Waals surface area contributed by atoms with Crippen molar-refractivity contribution in [2.24, 2.45) is 15.9 Å². The first-order valence-corrected chi connectivity index (χ1v) is 22.9. The number of allylic oxidation sites excluding steroid dienone is 2. The van der Waals surface area contributed by atoms with E-state index in [1.54, 1.807) is 0 Å². The lowest BCUT2D eigenvalue weighted by Crippen LogP contribution is -2.48. The number of hydrogen-bond acceptors (Lipinski definition) is 6. The van der Waals surface area contributed by atoms with Crippen LogP contribution in [0.5, 0.6) is 0 Å². The third-order valence-electron chi connectivity index (χ3n) is 14.2. The van der Waals surface area contributed by atoms with Gasteiger partial charge >= 0.3 is 0 Å². The second kappa shape index (κ2) is 17.9. The fraction of sp³-hybridized carbons (Fsp3) is 0.396. The number of benzene rings is 4. The Labute approximate surface area is 361 Å². The number of nitrogens with zero attached hydrogens (tertiary/aromatic N) is 6. The first kappa shape index (κ1) is 39.7. The molecule has 0 saturated carbocycles. The second-order valence-corrected chi connectivity index (χ2v) is 18.1. The molecule has 0 bridgehead atoms. The van der Waals surface area contributed by atoms with Gasteiger partial charge in [0.15, 0.2) is 0 Å². The molecule has 0 aliphatic carbocycles. The molecule has 4 aromatic rings. The molecule has 0 N–H and O–H groups in total. The van der Waals surface area contributed by atoms with Crippen LogP contribution >= 0.6 is 0 Å². The molecule has 6 heterocycles. The maximum atomic E-state index is 14.4. The van der Waals surface area contributed by atoms with E-state index >= 15 is 0 Å². The van der Waals surface area contributed by atoms with Gasteiger partial charge in [-0.3, -0.25) is 29.4 Å². The summed E-state index contributed by atoms with van der Waals surface area (Å²) in [5.74, 6) is 0.621. The third-order valence-corrected chi connectivity index (χ3v) is 14.2. The maximum absolute atomic E-state index is 14.4. The van der Waals surface area contributed by atoms with Gasteiger partial charge in [-0.1, -0.05) is 116 Å². The minimum atomic E-state index is -0.224.